The van der Waals surface area contributed by atoms with Gasteiger partial charge in [0.2, 0.25) is 5.91 Å². The summed E-state index contributed by atoms with van der Waals surface area (Å²) in [6.45, 7) is 5.15. The van der Waals surface area contributed by atoms with Crippen molar-refractivity contribution in [3.8, 4) is 0 Å². The number of benzene rings is 1. The second-order valence-corrected chi connectivity index (χ2v) is 8.40. The summed E-state index contributed by atoms with van der Waals surface area (Å²) < 4.78 is 19.3. The van der Waals surface area contributed by atoms with Crippen LogP contribution in [-0.2, 0) is 4.79 Å². The number of aromatic nitrogens is 1. The van der Waals surface area contributed by atoms with Crippen molar-refractivity contribution in [2.75, 3.05) is 28.6 Å². The van der Waals surface area contributed by atoms with Crippen molar-refractivity contribution in [1.82, 2.24) is 4.98 Å². The molecule has 1 aromatic carbocycles. The summed E-state index contributed by atoms with van der Waals surface area (Å²) in [4.78, 5) is 31.8. The predicted molar refractivity (Wildman–Crippen MR) is 118 cm³/mol. The Kier molecular flexibility index (Phi) is 6.03. The number of thiazole rings is 1. The van der Waals surface area contributed by atoms with Crippen molar-refractivity contribution in [2.45, 2.75) is 26.7 Å². The van der Waals surface area contributed by atoms with E-state index in [2.05, 4.69) is 20.5 Å². The van der Waals surface area contributed by atoms with Gasteiger partial charge in [0.1, 0.15) is 11.6 Å². The molecule has 2 N–H and O–H groups in total. The van der Waals surface area contributed by atoms with E-state index in [4.69, 9.17) is 4.42 Å². The molecule has 0 unspecified atom stereocenters. The van der Waals surface area contributed by atoms with Crippen LogP contribution in [0, 0.1) is 25.6 Å². The van der Waals surface area contributed by atoms with Crippen molar-refractivity contribution in [1.29, 1.82) is 0 Å². The summed E-state index contributed by atoms with van der Waals surface area (Å²) >= 11 is 1.61. The van der Waals surface area contributed by atoms with Crippen molar-refractivity contribution in [3.63, 3.8) is 0 Å². The second-order valence-electron chi connectivity index (χ2n) is 7.56. The monoisotopic (exact) mass is 442 g/mol. The largest absolute Gasteiger partial charge is 0.469 e. The summed E-state index contributed by atoms with van der Waals surface area (Å²) in [5.74, 6) is -0.849. The number of furan rings is 1. The Morgan fingerprint density at radius 2 is 1.97 bits per heavy atom. The van der Waals surface area contributed by atoms with Gasteiger partial charge in [-0.25, -0.2) is 9.37 Å². The molecule has 2 aromatic heterocycles. The highest BCUT2D eigenvalue weighted by atomic mass is 32.1. The van der Waals surface area contributed by atoms with Crippen molar-refractivity contribution < 1.29 is 18.4 Å². The lowest BCUT2D eigenvalue weighted by Gasteiger charge is -2.31. The van der Waals surface area contributed by atoms with Crippen LogP contribution < -0.4 is 15.5 Å². The molecule has 0 radical (unpaired) electrons. The molecule has 9 heteroatoms. The van der Waals surface area contributed by atoms with Crippen LogP contribution in [0.25, 0.3) is 0 Å². The smallest absolute Gasteiger partial charge is 0.259 e. The number of piperidine rings is 1. The Morgan fingerprint density at radius 1 is 1.19 bits per heavy atom. The van der Waals surface area contributed by atoms with Gasteiger partial charge in [0, 0.05) is 30.1 Å². The number of nitrogens with one attached hydrogen (secondary N) is 2. The molecule has 1 fully saturated rings. The standard InChI is InChI=1S/C22H23FN4O3S/c1-13-12-31-22(24-13)27-8-5-15(6-9-27)20(28)25-16-3-4-18(23)19(11-16)26-21(29)17-7-10-30-14(17)2/h3-4,7,10-12,15H,5-6,8-9H2,1-2H3,(H,25,28)(H,26,29). The van der Waals surface area contributed by atoms with Gasteiger partial charge in [-0.15, -0.1) is 11.3 Å². The van der Waals surface area contributed by atoms with Crippen molar-refractivity contribution in [3.05, 3.63) is 58.7 Å². The van der Waals surface area contributed by atoms with E-state index in [1.165, 1.54) is 30.5 Å². The average Bonchev–Trinajstić information content (AvgIpc) is 3.38. The maximum Gasteiger partial charge on any atom is 0.259 e. The molecule has 162 valence electrons. The highest BCUT2D eigenvalue weighted by Gasteiger charge is 2.26. The third kappa shape index (κ3) is 4.77. The number of aryl methyl sites for hydroxylation is 2. The summed E-state index contributed by atoms with van der Waals surface area (Å²) in [5, 5.41) is 8.40. The van der Waals surface area contributed by atoms with E-state index in [1.807, 2.05) is 12.3 Å². The summed E-state index contributed by atoms with van der Waals surface area (Å²) in [6.07, 6.45) is 2.84. The van der Waals surface area contributed by atoms with Gasteiger partial charge >= 0.3 is 0 Å². The van der Waals surface area contributed by atoms with E-state index < -0.39 is 11.7 Å². The van der Waals surface area contributed by atoms with Crippen LogP contribution in [0.4, 0.5) is 20.9 Å². The molecule has 7 nitrogen and oxygen atoms in total. The van der Waals surface area contributed by atoms with E-state index in [0.717, 1.165) is 36.8 Å². The topological polar surface area (TPSA) is 87.5 Å². The van der Waals surface area contributed by atoms with Crippen LogP contribution in [0.5, 0.6) is 0 Å². The van der Waals surface area contributed by atoms with E-state index in [0.29, 0.717) is 17.0 Å². The first-order valence-electron chi connectivity index (χ1n) is 10.0. The Morgan fingerprint density at radius 3 is 2.61 bits per heavy atom. The first kappa shape index (κ1) is 21.0. The van der Waals surface area contributed by atoms with Gasteiger partial charge in [0.15, 0.2) is 5.13 Å². The van der Waals surface area contributed by atoms with Crippen LogP contribution in [0.3, 0.4) is 0 Å². The number of amides is 2. The fourth-order valence-electron chi connectivity index (χ4n) is 3.57. The fraction of sp³-hybridized carbons (Fsp3) is 0.318. The third-order valence-corrected chi connectivity index (χ3v) is 6.35. The van der Waals surface area contributed by atoms with E-state index in [1.54, 1.807) is 18.3 Å². The van der Waals surface area contributed by atoms with Crippen LogP contribution in [0.2, 0.25) is 0 Å². The molecule has 1 aliphatic rings. The molecule has 3 heterocycles. The Labute approximate surface area is 183 Å². The zero-order valence-corrected chi connectivity index (χ0v) is 18.1. The molecule has 4 rings (SSSR count). The first-order chi connectivity index (χ1) is 14.9. The minimum atomic E-state index is -0.584. The van der Waals surface area contributed by atoms with E-state index >= 15 is 0 Å². The van der Waals surface area contributed by atoms with E-state index in [-0.39, 0.29) is 17.5 Å². The average molecular weight is 443 g/mol. The highest BCUT2D eigenvalue weighted by molar-refractivity contribution is 7.13. The van der Waals surface area contributed by atoms with Gasteiger partial charge in [-0.1, -0.05) is 0 Å². The lowest BCUT2D eigenvalue weighted by Crippen LogP contribution is -2.38. The van der Waals surface area contributed by atoms with E-state index in [9.17, 15) is 14.0 Å². The normalized spacial score (nSPS) is 14.5. The Bertz CT molecular complexity index is 1100. The minimum absolute atomic E-state index is 0.00245. The lowest BCUT2D eigenvalue weighted by molar-refractivity contribution is -0.120. The minimum Gasteiger partial charge on any atom is -0.469 e. The number of carbonyl (C=O) groups is 2. The molecular formula is C22H23FN4O3S. The molecule has 0 aliphatic carbocycles. The zero-order chi connectivity index (χ0) is 22.0. The SMILES string of the molecule is Cc1csc(N2CCC(C(=O)Nc3ccc(F)c(NC(=O)c4ccoc4C)c3)CC2)n1. The quantitative estimate of drug-likeness (QED) is 0.603. The number of nitrogens with zero attached hydrogens (tertiary/aromatic N) is 2. The Balaban J connectivity index is 1.37. The van der Waals surface area contributed by atoms with Crippen molar-refractivity contribution >= 4 is 39.7 Å². The van der Waals surface area contributed by atoms with Gasteiger partial charge in [-0.05, 0) is 51.0 Å². The number of hydrogen-bond acceptors (Lipinski definition) is 6. The first-order valence-corrected chi connectivity index (χ1v) is 10.9. The molecule has 2 amide bonds. The maximum absolute atomic E-state index is 14.2. The number of carbonyl (C=O) groups excluding carboxylic acids is 2. The van der Waals surface area contributed by atoms with Crippen LogP contribution in [0.1, 0.15) is 34.7 Å². The molecule has 0 saturated carbocycles. The number of anilines is 3. The van der Waals surface area contributed by atoms with Gasteiger partial charge in [0.05, 0.1) is 23.2 Å². The van der Waals surface area contributed by atoms with Gasteiger partial charge in [-0.3, -0.25) is 9.59 Å². The van der Waals surface area contributed by atoms with Gasteiger partial charge in [-0.2, -0.15) is 0 Å². The lowest BCUT2D eigenvalue weighted by atomic mass is 9.96. The molecule has 1 aliphatic heterocycles. The van der Waals surface area contributed by atoms with Gasteiger partial charge < -0.3 is 20.0 Å². The summed E-state index contributed by atoms with van der Waals surface area (Å²) in [7, 11) is 0. The van der Waals surface area contributed by atoms with Crippen LogP contribution >= 0.6 is 11.3 Å². The van der Waals surface area contributed by atoms with Gasteiger partial charge in [0.25, 0.3) is 5.91 Å². The summed E-state index contributed by atoms with van der Waals surface area (Å²) in [6, 6.07) is 5.65. The molecule has 31 heavy (non-hydrogen) atoms. The molecule has 0 spiro atoms. The zero-order valence-electron chi connectivity index (χ0n) is 17.3. The molecular weight excluding hydrogens is 419 g/mol. The molecule has 0 bridgehead atoms. The molecule has 3 aromatic rings. The predicted octanol–water partition coefficient (Wildman–Crippen LogP) is 4.60. The second kappa shape index (κ2) is 8.89. The summed E-state index contributed by atoms with van der Waals surface area (Å²) in [5.41, 5.74) is 1.76. The maximum atomic E-state index is 14.2. The Hall–Kier alpha value is -3.20. The molecule has 0 atom stereocenters. The molecule has 1 saturated heterocycles. The fourth-order valence-corrected chi connectivity index (χ4v) is 4.43. The highest BCUT2D eigenvalue weighted by Crippen LogP contribution is 2.27. The van der Waals surface area contributed by atoms with Crippen LogP contribution in [0.15, 0.2) is 40.3 Å². The van der Waals surface area contributed by atoms with Crippen molar-refractivity contribution in [2.24, 2.45) is 5.92 Å². The van der Waals surface area contributed by atoms with Crippen LogP contribution in [-0.4, -0.2) is 29.9 Å². The number of rotatable bonds is 5. The third-order valence-electron chi connectivity index (χ3n) is 5.33. The number of halogens is 1. The number of hydrogen-bond donors (Lipinski definition) is 2.